The highest BCUT2D eigenvalue weighted by atomic mass is 32.2. The second-order valence-electron chi connectivity index (χ2n) is 6.26. The van der Waals surface area contributed by atoms with Gasteiger partial charge in [0.1, 0.15) is 11.5 Å². The zero-order chi connectivity index (χ0) is 20.1. The first-order chi connectivity index (χ1) is 13.5. The largest absolute Gasteiger partial charge is 0.497 e. The molecule has 0 aliphatic heterocycles. The summed E-state index contributed by atoms with van der Waals surface area (Å²) >= 11 is 0. The van der Waals surface area contributed by atoms with Crippen LogP contribution in [0.1, 0.15) is 18.5 Å². The van der Waals surface area contributed by atoms with E-state index in [0.717, 1.165) is 5.56 Å². The van der Waals surface area contributed by atoms with E-state index >= 15 is 0 Å². The third kappa shape index (κ3) is 3.97. The zero-order valence-corrected chi connectivity index (χ0v) is 16.9. The number of anilines is 1. The summed E-state index contributed by atoms with van der Waals surface area (Å²) in [6.45, 7) is 1.88. The lowest BCUT2D eigenvalue weighted by molar-refractivity contribution is 0.414. The first kappa shape index (κ1) is 19.8. The van der Waals surface area contributed by atoms with E-state index in [2.05, 4.69) is 0 Å². The SMILES string of the molecule is COc1ccc(N([C@@H](C)c2ccccc2)S(=O)(=O)c2ccc(OC)cc2)cc1. The number of ether oxygens (including phenoxy) is 2. The predicted molar refractivity (Wildman–Crippen MR) is 111 cm³/mol. The lowest BCUT2D eigenvalue weighted by Crippen LogP contribution is -2.33. The van der Waals surface area contributed by atoms with Crippen molar-refractivity contribution in [1.29, 1.82) is 0 Å². The molecule has 5 nitrogen and oxygen atoms in total. The van der Waals surface area contributed by atoms with E-state index < -0.39 is 16.1 Å². The Kier molecular flexibility index (Phi) is 5.90. The van der Waals surface area contributed by atoms with Crippen LogP contribution in [0.25, 0.3) is 0 Å². The predicted octanol–water partition coefficient (Wildman–Crippen LogP) is 4.66. The van der Waals surface area contributed by atoms with Gasteiger partial charge in [0.2, 0.25) is 0 Å². The third-order valence-corrected chi connectivity index (χ3v) is 6.49. The van der Waals surface area contributed by atoms with Crippen LogP contribution in [-0.2, 0) is 10.0 Å². The Morgan fingerprint density at radius 1 is 0.750 bits per heavy atom. The van der Waals surface area contributed by atoms with Crippen molar-refractivity contribution in [2.24, 2.45) is 0 Å². The molecular formula is C22H23NO4S. The van der Waals surface area contributed by atoms with Gasteiger partial charge in [-0.25, -0.2) is 8.42 Å². The fourth-order valence-corrected chi connectivity index (χ4v) is 4.67. The summed E-state index contributed by atoms with van der Waals surface area (Å²) in [5.41, 5.74) is 1.46. The second kappa shape index (κ2) is 8.35. The molecule has 0 aliphatic rings. The van der Waals surface area contributed by atoms with E-state index in [0.29, 0.717) is 17.2 Å². The highest BCUT2D eigenvalue weighted by molar-refractivity contribution is 7.92. The van der Waals surface area contributed by atoms with Crippen molar-refractivity contribution in [1.82, 2.24) is 0 Å². The van der Waals surface area contributed by atoms with Crippen molar-refractivity contribution in [3.05, 3.63) is 84.4 Å². The Labute approximate surface area is 166 Å². The molecule has 3 aromatic rings. The van der Waals surface area contributed by atoms with E-state index in [-0.39, 0.29) is 4.90 Å². The van der Waals surface area contributed by atoms with Crippen LogP contribution >= 0.6 is 0 Å². The highest BCUT2D eigenvalue weighted by Crippen LogP contribution is 2.34. The van der Waals surface area contributed by atoms with Crippen LogP contribution < -0.4 is 13.8 Å². The molecule has 1 atom stereocenters. The Morgan fingerprint density at radius 3 is 1.75 bits per heavy atom. The standard InChI is InChI=1S/C22H23NO4S/c1-17(18-7-5-4-6-8-18)23(19-9-11-20(26-2)12-10-19)28(24,25)22-15-13-21(27-3)14-16-22/h4-17H,1-3H3/t17-/m0/s1. The molecule has 146 valence electrons. The summed E-state index contributed by atoms with van der Waals surface area (Å²) < 4.78 is 38.9. The zero-order valence-electron chi connectivity index (χ0n) is 16.1. The van der Waals surface area contributed by atoms with Crippen LogP contribution in [0.2, 0.25) is 0 Å². The summed E-state index contributed by atoms with van der Waals surface area (Å²) in [6, 6.07) is 22.6. The molecule has 0 heterocycles. The third-order valence-electron chi connectivity index (χ3n) is 4.58. The monoisotopic (exact) mass is 397 g/mol. The molecule has 0 saturated carbocycles. The van der Waals surface area contributed by atoms with Gasteiger partial charge in [0, 0.05) is 0 Å². The van der Waals surface area contributed by atoms with Crippen LogP contribution in [0.15, 0.2) is 83.8 Å². The van der Waals surface area contributed by atoms with Crippen LogP contribution in [0, 0.1) is 0 Å². The highest BCUT2D eigenvalue weighted by Gasteiger charge is 2.30. The van der Waals surface area contributed by atoms with E-state index in [9.17, 15) is 8.42 Å². The van der Waals surface area contributed by atoms with E-state index in [1.165, 1.54) is 4.31 Å². The number of methoxy groups -OCH3 is 2. The minimum atomic E-state index is -3.81. The van der Waals surface area contributed by atoms with Crippen LogP contribution in [-0.4, -0.2) is 22.6 Å². The van der Waals surface area contributed by atoms with Gasteiger partial charge in [0.15, 0.2) is 0 Å². The molecule has 0 unspecified atom stereocenters. The van der Waals surface area contributed by atoms with Gasteiger partial charge >= 0.3 is 0 Å². The van der Waals surface area contributed by atoms with Crippen molar-refractivity contribution in [2.45, 2.75) is 17.9 Å². The molecule has 0 aliphatic carbocycles. The van der Waals surface area contributed by atoms with E-state index in [4.69, 9.17) is 9.47 Å². The smallest absolute Gasteiger partial charge is 0.264 e. The second-order valence-corrected chi connectivity index (χ2v) is 8.08. The molecule has 0 aromatic heterocycles. The Morgan fingerprint density at radius 2 is 1.25 bits per heavy atom. The number of nitrogens with zero attached hydrogens (tertiary/aromatic N) is 1. The number of hydrogen-bond acceptors (Lipinski definition) is 4. The molecule has 0 amide bonds. The molecule has 3 aromatic carbocycles. The fraction of sp³-hybridized carbons (Fsp3) is 0.182. The summed E-state index contributed by atoms with van der Waals surface area (Å²) in [6.07, 6.45) is 0. The lowest BCUT2D eigenvalue weighted by Gasteiger charge is -2.31. The summed E-state index contributed by atoms with van der Waals surface area (Å²) in [5, 5.41) is 0. The first-order valence-corrected chi connectivity index (χ1v) is 10.3. The van der Waals surface area contributed by atoms with Gasteiger partial charge in [-0.05, 0) is 61.0 Å². The summed E-state index contributed by atoms with van der Waals surface area (Å²) in [7, 11) is -0.686. The van der Waals surface area contributed by atoms with Crippen molar-refractivity contribution < 1.29 is 17.9 Å². The van der Waals surface area contributed by atoms with Crippen LogP contribution in [0.3, 0.4) is 0 Å². The van der Waals surface area contributed by atoms with Gasteiger partial charge in [0.05, 0.1) is 30.8 Å². The van der Waals surface area contributed by atoms with Gasteiger partial charge in [-0.1, -0.05) is 30.3 Å². The molecule has 0 bridgehead atoms. The maximum absolute atomic E-state index is 13.6. The van der Waals surface area contributed by atoms with Gasteiger partial charge in [-0.15, -0.1) is 0 Å². The van der Waals surface area contributed by atoms with Crippen LogP contribution in [0.5, 0.6) is 11.5 Å². The Bertz CT molecular complexity index is 1000. The normalized spacial score (nSPS) is 12.2. The van der Waals surface area contributed by atoms with Crippen molar-refractivity contribution in [2.75, 3.05) is 18.5 Å². The van der Waals surface area contributed by atoms with Crippen molar-refractivity contribution >= 4 is 15.7 Å². The average Bonchev–Trinajstić information content (AvgIpc) is 2.75. The van der Waals surface area contributed by atoms with E-state index in [1.54, 1.807) is 62.8 Å². The van der Waals surface area contributed by atoms with Crippen molar-refractivity contribution in [3.8, 4) is 11.5 Å². The fourth-order valence-electron chi connectivity index (χ4n) is 3.03. The van der Waals surface area contributed by atoms with Gasteiger partial charge in [-0.3, -0.25) is 4.31 Å². The quantitative estimate of drug-likeness (QED) is 0.582. The summed E-state index contributed by atoms with van der Waals surface area (Å²) in [4.78, 5) is 0.201. The molecule has 6 heteroatoms. The number of hydrogen-bond donors (Lipinski definition) is 0. The molecule has 0 fully saturated rings. The number of benzene rings is 3. The summed E-state index contributed by atoms with van der Waals surface area (Å²) in [5.74, 6) is 1.27. The number of rotatable bonds is 7. The molecule has 0 saturated heterocycles. The molecule has 0 radical (unpaired) electrons. The molecule has 3 rings (SSSR count). The topological polar surface area (TPSA) is 55.8 Å². The van der Waals surface area contributed by atoms with Gasteiger partial charge in [0.25, 0.3) is 10.0 Å². The Hall–Kier alpha value is -2.99. The Balaban J connectivity index is 2.10. The minimum Gasteiger partial charge on any atom is -0.497 e. The maximum atomic E-state index is 13.6. The van der Waals surface area contributed by atoms with Gasteiger partial charge in [-0.2, -0.15) is 0 Å². The van der Waals surface area contributed by atoms with E-state index in [1.807, 2.05) is 37.3 Å². The number of sulfonamides is 1. The first-order valence-electron chi connectivity index (χ1n) is 8.85. The molecule has 28 heavy (non-hydrogen) atoms. The molecular weight excluding hydrogens is 374 g/mol. The van der Waals surface area contributed by atoms with Gasteiger partial charge < -0.3 is 9.47 Å². The average molecular weight is 397 g/mol. The minimum absolute atomic E-state index is 0.201. The lowest BCUT2D eigenvalue weighted by atomic mass is 10.1. The van der Waals surface area contributed by atoms with Crippen LogP contribution in [0.4, 0.5) is 5.69 Å². The molecule has 0 spiro atoms. The van der Waals surface area contributed by atoms with Crippen molar-refractivity contribution in [3.63, 3.8) is 0 Å². The molecule has 0 N–H and O–H groups in total. The maximum Gasteiger partial charge on any atom is 0.264 e.